The van der Waals surface area contributed by atoms with Crippen molar-refractivity contribution >= 4 is 11.8 Å². The molecule has 1 saturated heterocycles. The third-order valence-electron chi connectivity index (χ3n) is 2.95. The molecule has 2 rings (SSSR count). The molecule has 0 unspecified atom stereocenters. The Balaban J connectivity index is 2.20. The minimum absolute atomic E-state index is 0.614. The monoisotopic (exact) mass is 224 g/mol. The van der Waals surface area contributed by atoms with Crippen LogP contribution in [0.3, 0.4) is 0 Å². The van der Waals surface area contributed by atoms with Gasteiger partial charge in [0, 0.05) is 0 Å². The van der Waals surface area contributed by atoms with E-state index in [9.17, 15) is 5.11 Å². The van der Waals surface area contributed by atoms with E-state index in [1.165, 1.54) is 0 Å². The maximum atomic E-state index is 10.5. The van der Waals surface area contributed by atoms with E-state index in [0.717, 1.165) is 35.7 Å². The van der Waals surface area contributed by atoms with Crippen LogP contribution in [0.25, 0.3) is 0 Å². The molecule has 1 fully saturated rings. The number of benzene rings is 1. The van der Waals surface area contributed by atoms with Crippen LogP contribution in [0.1, 0.15) is 18.4 Å². The Hall–Kier alpha value is -0.670. The summed E-state index contributed by atoms with van der Waals surface area (Å²) >= 11 is 1.91. The van der Waals surface area contributed by atoms with Crippen LogP contribution in [0.5, 0.6) is 5.75 Å². The van der Waals surface area contributed by atoms with Crippen molar-refractivity contribution in [1.29, 1.82) is 0 Å². The minimum Gasteiger partial charge on any atom is -0.497 e. The summed E-state index contributed by atoms with van der Waals surface area (Å²) in [6.07, 6.45) is 1.70. The van der Waals surface area contributed by atoms with Gasteiger partial charge >= 0.3 is 0 Å². The first-order chi connectivity index (χ1) is 7.24. The number of aliphatic hydroxyl groups is 1. The lowest BCUT2D eigenvalue weighted by Gasteiger charge is -2.32. The fourth-order valence-corrected chi connectivity index (χ4v) is 3.07. The van der Waals surface area contributed by atoms with Crippen molar-refractivity contribution in [3.8, 4) is 5.75 Å². The molecule has 0 aromatic heterocycles. The second-order valence-electron chi connectivity index (χ2n) is 3.87. The highest BCUT2D eigenvalue weighted by atomic mass is 32.2. The minimum atomic E-state index is -0.614. The van der Waals surface area contributed by atoms with Crippen LogP contribution in [-0.4, -0.2) is 23.7 Å². The number of ether oxygens (including phenoxy) is 1. The van der Waals surface area contributed by atoms with Gasteiger partial charge < -0.3 is 9.84 Å². The summed E-state index contributed by atoms with van der Waals surface area (Å²) in [7, 11) is 1.65. The molecule has 82 valence electrons. The molecule has 15 heavy (non-hydrogen) atoms. The summed E-state index contributed by atoms with van der Waals surface area (Å²) < 4.78 is 5.10. The van der Waals surface area contributed by atoms with Crippen molar-refractivity contribution in [1.82, 2.24) is 0 Å². The fraction of sp³-hybridized carbons (Fsp3) is 0.500. The van der Waals surface area contributed by atoms with Gasteiger partial charge in [0.15, 0.2) is 0 Å². The lowest BCUT2D eigenvalue weighted by molar-refractivity contribution is 0.0280. The van der Waals surface area contributed by atoms with Crippen LogP contribution in [0, 0.1) is 0 Å². The van der Waals surface area contributed by atoms with Crippen molar-refractivity contribution in [2.24, 2.45) is 0 Å². The first-order valence-corrected chi connectivity index (χ1v) is 6.35. The van der Waals surface area contributed by atoms with E-state index in [1.54, 1.807) is 7.11 Å². The van der Waals surface area contributed by atoms with Gasteiger partial charge in [0.05, 0.1) is 12.7 Å². The van der Waals surface area contributed by atoms with Crippen LogP contribution >= 0.6 is 11.8 Å². The third-order valence-corrected chi connectivity index (χ3v) is 3.93. The number of hydrogen-bond acceptors (Lipinski definition) is 3. The van der Waals surface area contributed by atoms with E-state index < -0.39 is 5.60 Å². The van der Waals surface area contributed by atoms with Gasteiger partial charge in [-0.25, -0.2) is 0 Å². The highest BCUT2D eigenvalue weighted by molar-refractivity contribution is 7.99. The summed E-state index contributed by atoms with van der Waals surface area (Å²) in [6.45, 7) is 0. The van der Waals surface area contributed by atoms with E-state index in [1.807, 2.05) is 36.0 Å². The largest absolute Gasteiger partial charge is 0.497 e. The zero-order valence-corrected chi connectivity index (χ0v) is 9.72. The average molecular weight is 224 g/mol. The second-order valence-corrected chi connectivity index (χ2v) is 5.10. The Morgan fingerprint density at radius 1 is 1.20 bits per heavy atom. The van der Waals surface area contributed by atoms with Crippen molar-refractivity contribution < 1.29 is 9.84 Å². The van der Waals surface area contributed by atoms with E-state index in [2.05, 4.69) is 0 Å². The molecule has 0 aliphatic carbocycles. The first kappa shape index (κ1) is 10.8. The maximum Gasteiger partial charge on any atom is 0.118 e. The highest BCUT2D eigenvalue weighted by Crippen LogP contribution is 2.36. The quantitative estimate of drug-likeness (QED) is 0.836. The lowest BCUT2D eigenvalue weighted by Crippen LogP contribution is -2.30. The summed E-state index contributed by atoms with van der Waals surface area (Å²) in [6, 6.07) is 7.76. The zero-order valence-electron chi connectivity index (χ0n) is 8.90. The maximum absolute atomic E-state index is 10.5. The Labute approximate surface area is 94.6 Å². The van der Waals surface area contributed by atoms with Gasteiger partial charge in [-0.05, 0) is 42.0 Å². The Bertz CT molecular complexity index is 315. The molecule has 1 aliphatic heterocycles. The summed E-state index contributed by atoms with van der Waals surface area (Å²) in [5.41, 5.74) is 0.404. The molecule has 0 spiro atoms. The molecule has 2 nitrogen and oxygen atoms in total. The van der Waals surface area contributed by atoms with Gasteiger partial charge in [0.2, 0.25) is 0 Å². The van der Waals surface area contributed by atoms with Gasteiger partial charge in [0.1, 0.15) is 5.75 Å². The number of rotatable bonds is 2. The van der Waals surface area contributed by atoms with Crippen LogP contribution in [-0.2, 0) is 5.60 Å². The molecular weight excluding hydrogens is 208 g/mol. The summed E-state index contributed by atoms with van der Waals surface area (Å²) in [4.78, 5) is 0. The van der Waals surface area contributed by atoms with Crippen molar-refractivity contribution in [2.75, 3.05) is 18.6 Å². The van der Waals surface area contributed by atoms with Crippen molar-refractivity contribution in [3.63, 3.8) is 0 Å². The Kier molecular flexibility index (Phi) is 3.22. The molecule has 0 radical (unpaired) electrons. The Morgan fingerprint density at radius 3 is 2.33 bits per heavy atom. The van der Waals surface area contributed by atoms with Gasteiger partial charge in [-0.3, -0.25) is 0 Å². The molecule has 0 bridgehead atoms. The topological polar surface area (TPSA) is 29.5 Å². The smallest absolute Gasteiger partial charge is 0.118 e. The number of thioether (sulfide) groups is 1. The molecular formula is C12H16O2S. The van der Waals surface area contributed by atoms with Gasteiger partial charge in [-0.2, -0.15) is 11.8 Å². The SMILES string of the molecule is COc1ccc(C2(O)CCSCC2)cc1. The summed E-state index contributed by atoms with van der Waals surface area (Å²) in [5, 5.41) is 10.5. The number of methoxy groups -OCH3 is 1. The number of hydrogen-bond donors (Lipinski definition) is 1. The van der Waals surface area contributed by atoms with Crippen LogP contribution in [0.15, 0.2) is 24.3 Å². The summed E-state index contributed by atoms with van der Waals surface area (Å²) in [5.74, 6) is 2.93. The normalized spacial score (nSPS) is 19.9. The highest BCUT2D eigenvalue weighted by Gasteiger charge is 2.31. The van der Waals surface area contributed by atoms with Crippen LogP contribution < -0.4 is 4.74 Å². The fourth-order valence-electron chi connectivity index (χ4n) is 1.90. The predicted molar refractivity (Wildman–Crippen MR) is 63.4 cm³/mol. The van der Waals surface area contributed by atoms with Gasteiger partial charge in [-0.1, -0.05) is 12.1 Å². The zero-order chi connectivity index (χ0) is 10.7. The molecule has 1 N–H and O–H groups in total. The third kappa shape index (κ3) is 2.29. The lowest BCUT2D eigenvalue weighted by atomic mass is 9.88. The standard InChI is InChI=1S/C12H16O2S/c1-14-11-4-2-10(3-5-11)12(13)6-8-15-9-7-12/h2-5,13H,6-9H2,1H3. The van der Waals surface area contributed by atoms with E-state index in [-0.39, 0.29) is 0 Å². The molecule has 0 atom stereocenters. The molecule has 0 saturated carbocycles. The molecule has 1 aromatic carbocycles. The van der Waals surface area contributed by atoms with Crippen molar-refractivity contribution in [3.05, 3.63) is 29.8 Å². The van der Waals surface area contributed by atoms with Crippen LogP contribution in [0.2, 0.25) is 0 Å². The Morgan fingerprint density at radius 2 is 1.80 bits per heavy atom. The van der Waals surface area contributed by atoms with E-state index in [4.69, 9.17) is 4.74 Å². The molecule has 1 aromatic rings. The molecule has 1 heterocycles. The van der Waals surface area contributed by atoms with E-state index in [0.29, 0.717) is 0 Å². The van der Waals surface area contributed by atoms with E-state index >= 15 is 0 Å². The van der Waals surface area contributed by atoms with Crippen LogP contribution in [0.4, 0.5) is 0 Å². The van der Waals surface area contributed by atoms with Crippen molar-refractivity contribution in [2.45, 2.75) is 18.4 Å². The predicted octanol–water partition coefficient (Wildman–Crippen LogP) is 2.41. The molecule has 1 aliphatic rings. The second kappa shape index (κ2) is 4.45. The average Bonchev–Trinajstić information content (AvgIpc) is 2.30. The molecule has 3 heteroatoms. The van der Waals surface area contributed by atoms with Gasteiger partial charge in [0.25, 0.3) is 0 Å². The molecule has 0 amide bonds. The first-order valence-electron chi connectivity index (χ1n) is 5.19. The van der Waals surface area contributed by atoms with Gasteiger partial charge in [-0.15, -0.1) is 0 Å².